The van der Waals surface area contributed by atoms with Gasteiger partial charge in [0.15, 0.2) is 5.16 Å². The number of nitrogens with one attached hydrogen (secondary N) is 2. The molecule has 2 heterocycles. The molecule has 1 aromatic carbocycles. The molecule has 0 aliphatic carbocycles. The maximum Gasteiger partial charge on any atom is 0.251 e. The zero-order chi connectivity index (χ0) is 17.2. The van der Waals surface area contributed by atoms with Crippen LogP contribution in [0.2, 0.25) is 0 Å². The smallest absolute Gasteiger partial charge is 0.251 e. The number of sulfonamides is 1. The summed E-state index contributed by atoms with van der Waals surface area (Å²) in [5.41, 5.74) is 2.08. The lowest BCUT2D eigenvalue weighted by atomic mass is 10.1. The minimum atomic E-state index is -3.27. The van der Waals surface area contributed by atoms with Gasteiger partial charge < -0.3 is 5.32 Å². The van der Waals surface area contributed by atoms with Gasteiger partial charge in [-0.25, -0.2) is 13.4 Å². The maximum absolute atomic E-state index is 12.2. The van der Waals surface area contributed by atoms with Crippen LogP contribution in [0.1, 0.15) is 15.9 Å². The van der Waals surface area contributed by atoms with E-state index < -0.39 is 10.0 Å². The highest BCUT2D eigenvalue weighted by molar-refractivity contribution is 7.99. The van der Waals surface area contributed by atoms with E-state index in [1.54, 1.807) is 18.2 Å². The topological polar surface area (TPSA) is 108 Å². The van der Waals surface area contributed by atoms with Gasteiger partial charge in [0.2, 0.25) is 10.0 Å². The number of aromatic amines is 1. The number of carbonyl (C=O) groups is 1. The van der Waals surface area contributed by atoms with E-state index in [9.17, 15) is 13.2 Å². The molecule has 0 bridgehead atoms. The SMILES string of the molecule is CS(=O)(=O)N1CCc2cc(C(=O)NCCSc3ncn[nH]3)ccc21. The van der Waals surface area contributed by atoms with Gasteiger partial charge in [0.25, 0.3) is 5.91 Å². The van der Waals surface area contributed by atoms with Crippen LogP contribution in [0.25, 0.3) is 0 Å². The first-order chi connectivity index (χ1) is 11.4. The van der Waals surface area contributed by atoms with Crippen LogP contribution in [0.15, 0.2) is 29.7 Å². The molecule has 1 amide bonds. The van der Waals surface area contributed by atoms with Crippen molar-refractivity contribution in [1.82, 2.24) is 20.5 Å². The summed E-state index contributed by atoms with van der Waals surface area (Å²) < 4.78 is 24.8. The Balaban J connectivity index is 1.58. The largest absolute Gasteiger partial charge is 0.351 e. The molecule has 2 aromatic rings. The Labute approximate surface area is 144 Å². The Morgan fingerprint density at radius 1 is 1.46 bits per heavy atom. The number of hydrogen-bond acceptors (Lipinski definition) is 6. The van der Waals surface area contributed by atoms with Gasteiger partial charge in [-0.2, -0.15) is 5.10 Å². The predicted molar refractivity (Wildman–Crippen MR) is 91.8 cm³/mol. The quantitative estimate of drug-likeness (QED) is 0.573. The van der Waals surface area contributed by atoms with Crippen LogP contribution in [0.3, 0.4) is 0 Å². The van der Waals surface area contributed by atoms with Crippen molar-refractivity contribution in [3.63, 3.8) is 0 Å². The van der Waals surface area contributed by atoms with Gasteiger partial charge in [0.1, 0.15) is 6.33 Å². The van der Waals surface area contributed by atoms with Crippen LogP contribution in [0.5, 0.6) is 0 Å². The summed E-state index contributed by atoms with van der Waals surface area (Å²) in [6.45, 7) is 0.920. The lowest BCUT2D eigenvalue weighted by Gasteiger charge is -2.16. The Hall–Kier alpha value is -2.07. The van der Waals surface area contributed by atoms with Crippen molar-refractivity contribution in [2.75, 3.05) is 29.4 Å². The average Bonchev–Trinajstić information content (AvgIpc) is 3.19. The van der Waals surface area contributed by atoms with Crippen molar-refractivity contribution in [2.24, 2.45) is 0 Å². The minimum Gasteiger partial charge on any atom is -0.351 e. The van der Waals surface area contributed by atoms with Crippen molar-refractivity contribution < 1.29 is 13.2 Å². The summed E-state index contributed by atoms with van der Waals surface area (Å²) in [5, 5.41) is 10.0. The van der Waals surface area contributed by atoms with Crippen molar-refractivity contribution in [1.29, 1.82) is 0 Å². The van der Waals surface area contributed by atoms with E-state index in [4.69, 9.17) is 0 Å². The molecule has 0 fully saturated rings. The number of hydrogen-bond donors (Lipinski definition) is 2. The van der Waals surface area contributed by atoms with E-state index in [1.165, 1.54) is 28.7 Å². The summed E-state index contributed by atoms with van der Waals surface area (Å²) in [7, 11) is -3.27. The molecule has 24 heavy (non-hydrogen) atoms. The van der Waals surface area contributed by atoms with E-state index in [0.717, 1.165) is 5.56 Å². The summed E-state index contributed by atoms with van der Waals surface area (Å²) in [6, 6.07) is 5.11. The first-order valence-corrected chi connectivity index (χ1v) is 10.2. The molecule has 2 N–H and O–H groups in total. The Morgan fingerprint density at radius 3 is 3.00 bits per heavy atom. The fourth-order valence-electron chi connectivity index (χ4n) is 2.54. The molecular formula is C14H17N5O3S2. The number of aromatic nitrogens is 3. The lowest BCUT2D eigenvalue weighted by molar-refractivity contribution is 0.0956. The first kappa shape index (κ1) is 16.8. The number of rotatable bonds is 6. The van der Waals surface area contributed by atoms with Crippen LogP contribution in [0, 0.1) is 0 Å². The van der Waals surface area contributed by atoms with Crippen molar-refractivity contribution in [3.05, 3.63) is 35.7 Å². The molecule has 8 nitrogen and oxygen atoms in total. The monoisotopic (exact) mass is 367 g/mol. The molecule has 1 aliphatic heterocycles. The van der Waals surface area contributed by atoms with Gasteiger partial charge in [-0.15, -0.1) is 0 Å². The van der Waals surface area contributed by atoms with E-state index in [0.29, 0.717) is 41.7 Å². The molecule has 0 saturated carbocycles. The fourth-order valence-corrected chi connectivity index (χ4v) is 4.13. The molecule has 1 aromatic heterocycles. The number of H-pyrrole nitrogens is 1. The molecule has 10 heteroatoms. The molecule has 3 rings (SSSR count). The van der Waals surface area contributed by atoms with E-state index in [-0.39, 0.29) is 5.91 Å². The van der Waals surface area contributed by atoms with E-state index in [2.05, 4.69) is 20.5 Å². The zero-order valence-corrected chi connectivity index (χ0v) is 14.7. The number of carbonyl (C=O) groups excluding carboxylic acids is 1. The molecule has 0 radical (unpaired) electrons. The standard InChI is InChI=1S/C14H17N5O3S2/c1-24(21,22)19-6-4-10-8-11(2-3-12(10)19)13(20)15-5-7-23-14-16-9-17-18-14/h2-3,8-9H,4-7H2,1H3,(H,15,20)(H,16,17,18). The molecule has 0 atom stereocenters. The number of amides is 1. The van der Waals surface area contributed by atoms with Crippen LogP contribution < -0.4 is 9.62 Å². The third kappa shape index (κ3) is 3.70. The maximum atomic E-state index is 12.2. The summed E-state index contributed by atoms with van der Waals surface area (Å²) in [6.07, 6.45) is 3.24. The van der Waals surface area contributed by atoms with Crippen molar-refractivity contribution in [2.45, 2.75) is 11.6 Å². The van der Waals surface area contributed by atoms with Crippen LogP contribution in [0.4, 0.5) is 5.69 Å². The number of anilines is 1. The van der Waals surface area contributed by atoms with Gasteiger partial charge in [-0.05, 0) is 30.2 Å². The van der Waals surface area contributed by atoms with Gasteiger partial charge in [0, 0.05) is 24.4 Å². The lowest BCUT2D eigenvalue weighted by Crippen LogP contribution is -2.27. The second kappa shape index (κ2) is 6.81. The third-order valence-electron chi connectivity index (χ3n) is 3.61. The normalized spacial score (nSPS) is 13.8. The molecule has 1 aliphatic rings. The summed E-state index contributed by atoms with van der Waals surface area (Å²) >= 11 is 1.47. The molecule has 0 spiro atoms. The molecular weight excluding hydrogens is 350 g/mol. The highest BCUT2D eigenvalue weighted by Crippen LogP contribution is 2.30. The highest BCUT2D eigenvalue weighted by atomic mass is 32.2. The van der Waals surface area contributed by atoms with Gasteiger partial charge in [0.05, 0.1) is 11.9 Å². The second-order valence-electron chi connectivity index (χ2n) is 5.32. The van der Waals surface area contributed by atoms with Crippen molar-refractivity contribution >= 4 is 33.4 Å². The van der Waals surface area contributed by atoms with E-state index in [1.807, 2.05) is 0 Å². The minimum absolute atomic E-state index is 0.172. The van der Waals surface area contributed by atoms with Crippen LogP contribution >= 0.6 is 11.8 Å². The molecule has 0 unspecified atom stereocenters. The van der Waals surface area contributed by atoms with Gasteiger partial charge in [-0.1, -0.05) is 11.8 Å². The molecule has 0 saturated heterocycles. The second-order valence-corrected chi connectivity index (χ2v) is 8.31. The zero-order valence-electron chi connectivity index (χ0n) is 13.0. The highest BCUT2D eigenvalue weighted by Gasteiger charge is 2.26. The fraction of sp³-hybridized carbons (Fsp3) is 0.357. The van der Waals surface area contributed by atoms with Gasteiger partial charge >= 0.3 is 0 Å². The third-order valence-corrected chi connectivity index (χ3v) is 5.67. The summed E-state index contributed by atoms with van der Waals surface area (Å²) in [4.78, 5) is 16.2. The predicted octanol–water partition coefficient (Wildman–Crippen LogP) is 0.649. The number of fused-ring (bicyclic) bond motifs is 1. The summed E-state index contributed by atoms with van der Waals surface area (Å²) in [5.74, 6) is 0.502. The van der Waals surface area contributed by atoms with E-state index >= 15 is 0 Å². The Bertz CT molecular complexity index is 836. The van der Waals surface area contributed by atoms with Crippen LogP contribution in [-0.2, 0) is 16.4 Å². The van der Waals surface area contributed by atoms with Gasteiger partial charge in [-0.3, -0.25) is 14.2 Å². The average molecular weight is 367 g/mol. The van der Waals surface area contributed by atoms with Crippen molar-refractivity contribution in [3.8, 4) is 0 Å². The van der Waals surface area contributed by atoms with Crippen LogP contribution in [-0.4, -0.2) is 54.6 Å². The Morgan fingerprint density at radius 2 is 2.29 bits per heavy atom. The molecule has 128 valence electrons. The Kier molecular flexibility index (Phi) is 4.76. The number of thioether (sulfide) groups is 1. The number of benzene rings is 1. The first-order valence-electron chi connectivity index (χ1n) is 7.32. The number of nitrogens with zero attached hydrogens (tertiary/aromatic N) is 3.